The number of amides is 1. The fraction of sp³-hybridized carbons (Fsp3) is 0.263. The minimum atomic E-state index is -0.142. The second-order valence-corrected chi connectivity index (χ2v) is 9.06. The lowest BCUT2D eigenvalue weighted by molar-refractivity contribution is -0.113. The van der Waals surface area contributed by atoms with Crippen molar-refractivity contribution in [2.45, 2.75) is 30.8 Å². The van der Waals surface area contributed by atoms with Crippen LogP contribution in [0.15, 0.2) is 35.7 Å². The Bertz CT molecular complexity index is 1200. The molecule has 6 nitrogen and oxygen atoms in total. The molecule has 3 aromatic heterocycles. The van der Waals surface area contributed by atoms with Crippen LogP contribution < -0.4 is 5.32 Å². The second-order valence-electron chi connectivity index (χ2n) is 6.63. The number of para-hydroxylation sites is 1. The van der Waals surface area contributed by atoms with Crippen LogP contribution in [0.2, 0.25) is 5.02 Å². The van der Waals surface area contributed by atoms with E-state index in [0.717, 1.165) is 28.7 Å². The van der Waals surface area contributed by atoms with E-state index in [2.05, 4.69) is 20.5 Å². The number of anilines is 1. The molecule has 1 aliphatic carbocycles. The first-order valence-corrected chi connectivity index (χ1v) is 11.2. The maximum absolute atomic E-state index is 12.3. The molecular weight excluding hydrogens is 414 g/mol. The molecule has 0 atom stereocenters. The van der Waals surface area contributed by atoms with Gasteiger partial charge in [0.2, 0.25) is 5.91 Å². The summed E-state index contributed by atoms with van der Waals surface area (Å²) in [5, 5.41) is 13.8. The number of carbonyl (C=O) groups is 1. The number of aryl methyl sites for hydroxylation is 2. The van der Waals surface area contributed by atoms with Crippen molar-refractivity contribution < 1.29 is 4.79 Å². The Morgan fingerprint density at radius 2 is 2.11 bits per heavy atom. The van der Waals surface area contributed by atoms with Gasteiger partial charge in [0.25, 0.3) is 0 Å². The summed E-state index contributed by atoms with van der Waals surface area (Å²) >= 11 is 9.20. The molecule has 0 fully saturated rings. The largest absolute Gasteiger partial charge is 0.324 e. The highest BCUT2D eigenvalue weighted by Crippen LogP contribution is 2.37. The second kappa shape index (κ2) is 7.35. The first kappa shape index (κ1) is 17.9. The number of carbonyl (C=O) groups excluding carboxylic acids is 1. The molecule has 1 aromatic carbocycles. The number of nitrogens with one attached hydrogen (secondary N) is 1. The number of fused-ring (bicyclic) bond motifs is 5. The summed E-state index contributed by atoms with van der Waals surface area (Å²) < 4.78 is 1.89. The van der Waals surface area contributed by atoms with Gasteiger partial charge in [-0.3, -0.25) is 9.20 Å². The molecule has 0 spiro atoms. The molecule has 4 aromatic rings. The molecular formula is C19H16ClN5OS2. The van der Waals surface area contributed by atoms with Gasteiger partial charge in [-0.25, -0.2) is 4.98 Å². The molecule has 0 saturated carbocycles. The Balaban J connectivity index is 1.39. The Morgan fingerprint density at radius 3 is 3.00 bits per heavy atom. The van der Waals surface area contributed by atoms with E-state index in [4.69, 9.17) is 11.6 Å². The third-order valence-electron chi connectivity index (χ3n) is 4.81. The van der Waals surface area contributed by atoms with Gasteiger partial charge in [0.05, 0.1) is 21.8 Å². The van der Waals surface area contributed by atoms with E-state index in [1.54, 1.807) is 29.8 Å². The molecule has 1 aliphatic rings. The summed E-state index contributed by atoms with van der Waals surface area (Å²) in [6.45, 7) is 0. The van der Waals surface area contributed by atoms with E-state index in [-0.39, 0.29) is 11.7 Å². The number of hydrogen-bond donors (Lipinski definition) is 1. The predicted molar refractivity (Wildman–Crippen MR) is 114 cm³/mol. The lowest BCUT2D eigenvalue weighted by Gasteiger charge is -2.10. The molecule has 142 valence electrons. The zero-order valence-corrected chi connectivity index (χ0v) is 17.2. The number of halogens is 1. The first-order valence-electron chi connectivity index (χ1n) is 9.02. The predicted octanol–water partition coefficient (Wildman–Crippen LogP) is 4.60. The maximum Gasteiger partial charge on any atom is 0.234 e. The molecule has 1 N–H and O–H groups in total. The third kappa shape index (κ3) is 3.15. The van der Waals surface area contributed by atoms with Gasteiger partial charge >= 0.3 is 0 Å². The number of thioether (sulfide) groups is 1. The Hall–Kier alpha value is -2.16. The number of hydrogen-bond acceptors (Lipinski definition) is 6. The molecule has 0 bridgehead atoms. The van der Waals surface area contributed by atoms with E-state index in [0.29, 0.717) is 15.9 Å². The molecule has 0 saturated heterocycles. The smallest absolute Gasteiger partial charge is 0.234 e. The van der Waals surface area contributed by atoms with Crippen LogP contribution in [0.25, 0.3) is 15.9 Å². The highest BCUT2D eigenvalue weighted by atomic mass is 35.5. The van der Waals surface area contributed by atoms with E-state index < -0.39 is 0 Å². The molecule has 1 amide bonds. The highest BCUT2D eigenvalue weighted by Gasteiger charge is 2.21. The van der Waals surface area contributed by atoms with Crippen molar-refractivity contribution in [2.75, 3.05) is 11.1 Å². The normalized spacial score (nSPS) is 13.8. The van der Waals surface area contributed by atoms with Crippen molar-refractivity contribution in [3.63, 3.8) is 0 Å². The number of aromatic nitrogens is 4. The van der Waals surface area contributed by atoms with E-state index in [1.807, 2.05) is 16.5 Å². The van der Waals surface area contributed by atoms with Crippen LogP contribution >= 0.6 is 34.7 Å². The van der Waals surface area contributed by atoms with Crippen LogP contribution in [0, 0.1) is 0 Å². The van der Waals surface area contributed by atoms with Crippen LogP contribution in [0.3, 0.4) is 0 Å². The lowest BCUT2D eigenvalue weighted by atomic mass is 9.97. The zero-order valence-electron chi connectivity index (χ0n) is 14.8. The van der Waals surface area contributed by atoms with Gasteiger partial charge in [-0.1, -0.05) is 35.5 Å². The van der Waals surface area contributed by atoms with Gasteiger partial charge in [0.15, 0.2) is 10.8 Å². The minimum absolute atomic E-state index is 0.142. The monoisotopic (exact) mass is 429 g/mol. The fourth-order valence-electron chi connectivity index (χ4n) is 3.51. The van der Waals surface area contributed by atoms with Gasteiger partial charge < -0.3 is 5.32 Å². The van der Waals surface area contributed by atoms with Crippen LogP contribution in [0.1, 0.15) is 23.3 Å². The Labute approximate surface area is 174 Å². The van der Waals surface area contributed by atoms with Crippen LogP contribution in [-0.4, -0.2) is 31.2 Å². The average Bonchev–Trinajstić information content (AvgIpc) is 3.28. The number of benzene rings is 1. The minimum Gasteiger partial charge on any atom is -0.324 e. The summed E-state index contributed by atoms with van der Waals surface area (Å²) in [5.41, 5.74) is 2.82. The number of nitrogens with zero attached hydrogens (tertiary/aromatic N) is 4. The van der Waals surface area contributed by atoms with E-state index in [9.17, 15) is 4.79 Å². The van der Waals surface area contributed by atoms with Crippen LogP contribution in [0.5, 0.6) is 0 Å². The van der Waals surface area contributed by atoms with Crippen molar-refractivity contribution in [1.29, 1.82) is 0 Å². The summed E-state index contributed by atoms with van der Waals surface area (Å²) in [7, 11) is 0. The molecule has 28 heavy (non-hydrogen) atoms. The summed E-state index contributed by atoms with van der Waals surface area (Å²) in [6, 6.07) is 7.18. The van der Waals surface area contributed by atoms with Crippen LogP contribution in [0.4, 0.5) is 5.69 Å². The molecule has 5 rings (SSSR count). The molecule has 0 unspecified atom stereocenters. The zero-order chi connectivity index (χ0) is 19.1. The lowest BCUT2D eigenvalue weighted by Crippen LogP contribution is -2.14. The number of rotatable bonds is 4. The Kier molecular flexibility index (Phi) is 4.70. The van der Waals surface area contributed by atoms with Gasteiger partial charge in [0, 0.05) is 4.88 Å². The Morgan fingerprint density at radius 1 is 1.25 bits per heavy atom. The van der Waals surface area contributed by atoms with Crippen molar-refractivity contribution in [2.24, 2.45) is 0 Å². The van der Waals surface area contributed by atoms with Gasteiger partial charge in [-0.15, -0.1) is 21.5 Å². The number of thiophene rings is 1. The summed E-state index contributed by atoms with van der Waals surface area (Å²) in [4.78, 5) is 19.4. The standard InChI is InChI=1S/C19H16ClN5OS2/c20-12-6-2-3-7-13(12)22-15(26)9-27-19-24-23-17-16-11-5-1-4-8-14(11)28-18(16)21-10-25(17)19/h2-3,6-7,10H,1,4-5,8-9H2,(H,22,26). The molecule has 9 heteroatoms. The van der Waals surface area contributed by atoms with Gasteiger partial charge in [-0.05, 0) is 43.4 Å². The topological polar surface area (TPSA) is 72.2 Å². The van der Waals surface area contributed by atoms with Gasteiger partial charge in [-0.2, -0.15) is 0 Å². The molecule has 0 aliphatic heterocycles. The summed E-state index contributed by atoms with van der Waals surface area (Å²) in [6.07, 6.45) is 6.41. The fourth-order valence-corrected chi connectivity index (χ4v) is 5.62. The molecule has 3 heterocycles. The van der Waals surface area contributed by atoms with Crippen molar-refractivity contribution in [3.05, 3.63) is 46.1 Å². The third-order valence-corrected chi connectivity index (χ3v) is 7.28. The van der Waals surface area contributed by atoms with Crippen molar-refractivity contribution in [1.82, 2.24) is 19.6 Å². The van der Waals surface area contributed by atoms with Crippen molar-refractivity contribution in [3.8, 4) is 0 Å². The van der Waals surface area contributed by atoms with Crippen LogP contribution in [-0.2, 0) is 17.6 Å². The van der Waals surface area contributed by atoms with E-state index >= 15 is 0 Å². The highest BCUT2D eigenvalue weighted by molar-refractivity contribution is 7.99. The van der Waals surface area contributed by atoms with Gasteiger partial charge in [0.1, 0.15) is 11.2 Å². The quantitative estimate of drug-likeness (QED) is 0.480. The summed E-state index contributed by atoms with van der Waals surface area (Å²) in [5.74, 6) is 0.0722. The van der Waals surface area contributed by atoms with Crippen molar-refractivity contribution >= 4 is 62.2 Å². The molecule has 0 radical (unpaired) electrons. The first-order chi connectivity index (χ1) is 13.7. The maximum atomic E-state index is 12.3. The average molecular weight is 430 g/mol. The van der Waals surface area contributed by atoms with E-state index in [1.165, 1.54) is 35.0 Å². The SMILES string of the molecule is O=C(CSc1nnc2c3c4c(sc3ncn12)CCCC4)Nc1ccccc1Cl.